The lowest BCUT2D eigenvalue weighted by Crippen LogP contribution is -1.98. The molecule has 0 saturated carbocycles. The summed E-state index contributed by atoms with van der Waals surface area (Å²) in [4.78, 5) is 15.5. The highest BCUT2D eigenvalue weighted by atomic mass is 16.5. The summed E-state index contributed by atoms with van der Waals surface area (Å²) >= 11 is 0. The summed E-state index contributed by atoms with van der Waals surface area (Å²) in [5, 5.41) is 0.911. The van der Waals surface area contributed by atoms with Crippen molar-refractivity contribution in [1.82, 2.24) is 4.98 Å². The first-order valence-corrected chi connectivity index (χ1v) is 7.45. The van der Waals surface area contributed by atoms with Crippen LogP contribution in [0.3, 0.4) is 0 Å². The van der Waals surface area contributed by atoms with E-state index in [0.717, 1.165) is 35.1 Å². The fraction of sp³-hybridized carbons (Fsp3) is 0.471. The van der Waals surface area contributed by atoms with Crippen molar-refractivity contribution in [2.45, 2.75) is 45.4 Å². The zero-order valence-corrected chi connectivity index (χ0v) is 12.4. The molecule has 3 heteroatoms. The minimum Gasteiger partial charge on any atom is -0.496 e. The number of nitrogens with one attached hydrogen (secondary N) is 1. The number of hydrogen-bond donors (Lipinski definition) is 1. The predicted octanol–water partition coefficient (Wildman–Crippen LogP) is 4.72. The molecular weight excluding hydrogens is 250 g/mol. The van der Waals surface area contributed by atoms with Gasteiger partial charge in [-0.1, -0.05) is 38.7 Å². The smallest absolute Gasteiger partial charge is 0.165 e. The first-order chi connectivity index (χ1) is 9.77. The van der Waals surface area contributed by atoms with Gasteiger partial charge in [-0.3, -0.25) is 4.79 Å². The Labute approximate surface area is 120 Å². The second kappa shape index (κ2) is 7.13. The molecule has 1 N–H and O–H groups in total. The highest BCUT2D eigenvalue weighted by Gasteiger charge is 2.15. The van der Waals surface area contributed by atoms with Gasteiger partial charge in [0.15, 0.2) is 5.78 Å². The molecule has 3 nitrogen and oxygen atoms in total. The summed E-state index contributed by atoms with van der Waals surface area (Å²) in [7, 11) is 1.64. The van der Waals surface area contributed by atoms with E-state index in [4.69, 9.17) is 4.74 Å². The Balaban J connectivity index is 2.06. The van der Waals surface area contributed by atoms with Crippen molar-refractivity contribution < 1.29 is 9.53 Å². The number of fused-ring (bicyclic) bond motifs is 1. The van der Waals surface area contributed by atoms with Crippen molar-refractivity contribution in [3.05, 3.63) is 30.0 Å². The molecule has 0 unspecified atom stereocenters. The molecule has 0 fully saturated rings. The molecule has 0 aliphatic carbocycles. The lowest BCUT2D eigenvalue weighted by Gasteiger charge is -2.04. The number of carbonyl (C=O) groups is 1. The number of aromatic nitrogens is 1. The minimum absolute atomic E-state index is 0.206. The molecule has 0 aliphatic heterocycles. The molecule has 1 heterocycles. The van der Waals surface area contributed by atoms with Crippen LogP contribution >= 0.6 is 0 Å². The van der Waals surface area contributed by atoms with Gasteiger partial charge in [-0.15, -0.1) is 0 Å². The molecule has 0 amide bonds. The lowest BCUT2D eigenvalue weighted by molar-refractivity contribution is 0.0980. The van der Waals surface area contributed by atoms with E-state index in [1.54, 1.807) is 7.11 Å². The third-order valence-electron chi connectivity index (χ3n) is 3.70. The number of rotatable bonds is 8. The highest BCUT2D eigenvalue weighted by Crippen LogP contribution is 2.29. The summed E-state index contributed by atoms with van der Waals surface area (Å²) < 4.78 is 5.36. The van der Waals surface area contributed by atoms with Crippen LogP contribution in [0.1, 0.15) is 55.8 Å². The third-order valence-corrected chi connectivity index (χ3v) is 3.70. The second-order valence-corrected chi connectivity index (χ2v) is 5.17. The Morgan fingerprint density at radius 3 is 2.75 bits per heavy atom. The van der Waals surface area contributed by atoms with Gasteiger partial charge < -0.3 is 9.72 Å². The van der Waals surface area contributed by atoms with Crippen LogP contribution in [0, 0.1) is 0 Å². The average molecular weight is 273 g/mol. The Hall–Kier alpha value is -1.77. The van der Waals surface area contributed by atoms with Crippen LogP contribution in [-0.2, 0) is 0 Å². The van der Waals surface area contributed by atoms with Crippen molar-refractivity contribution in [3.63, 3.8) is 0 Å². The number of Topliss-reactive ketones (excluding diaryl/α,β-unsaturated/α-hetero) is 1. The summed E-state index contributed by atoms with van der Waals surface area (Å²) in [6.07, 6.45) is 8.25. The Bertz CT molecular complexity index is 571. The van der Waals surface area contributed by atoms with Gasteiger partial charge >= 0.3 is 0 Å². The van der Waals surface area contributed by atoms with Crippen molar-refractivity contribution in [1.29, 1.82) is 0 Å². The van der Waals surface area contributed by atoms with E-state index in [-0.39, 0.29) is 5.78 Å². The van der Waals surface area contributed by atoms with E-state index < -0.39 is 0 Å². The normalized spacial score (nSPS) is 10.9. The van der Waals surface area contributed by atoms with Gasteiger partial charge in [-0.25, -0.2) is 0 Å². The molecule has 108 valence electrons. The first kappa shape index (κ1) is 14.6. The largest absolute Gasteiger partial charge is 0.496 e. The summed E-state index contributed by atoms with van der Waals surface area (Å²) in [5.74, 6) is 0.968. The zero-order chi connectivity index (χ0) is 14.4. The van der Waals surface area contributed by atoms with Gasteiger partial charge in [0.25, 0.3) is 0 Å². The van der Waals surface area contributed by atoms with E-state index in [1.807, 2.05) is 24.4 Å². The average Bonchev–Trinajstić information content (AvgIpc) is 2.90. The van der Waals surface area contributed by atoms with Crippen LogP contribution in [0.15, 0.2) is 24.4 Å². The molecule has 0 bridgehead atoms. The molecule has 0 radical (unpaired) electrons. The maximum Gasteiger partial charge on any atom is 0.165 e. The summed E-state index contributed by atoms with van der Waals surface area (Å²) in [6.45, 7) is 2.20. The van der Waals surface area contributed by atoms with Crippen LogP contribution in [0.4, 0.5) is 0 Å². The van der Waals surface area contributed by atoms with Gasteiger partial charge in [0.1, 0.15) is 5.75 Å². The molecule has 1 aromatic carbocycles. The van der Waals surface area contributed by atoms with Gasteiger partial charge in [0.05, 0.1) is 12.5 Å². The Kier molecular flexibility index (Phi) is 5.22. The molecular formula is C17H23NO2. The Morgan fingerprint density at radius 1 is 1.20 bits per heavy atom. The summed E-state index contributed by atoms with van der Waals surface area (Å²) in [5.41, 5.74) is 1.71. The van der Waals surface area contributed by atoms with E-state index in [2.05, 4.69) is 11.9 Å². The molecule has 0 saturated heterocycles. The van der Waals surface area contributed by atoms with E-state index in [1.165, 1.54) is 19.3 Å². The standard InChI is InChI=1S/C17H23NO2/c1-3-4-5-6-7-10-15(19)13-12-18-14-9-8-11-16(20-2)17(13)14/h8-9,11-12,18H,3-7,10H2,1-2H3. The van der Waals surface area contributed by atoms with Crippen LogP contribution in [0.5, 0.6) is 5.75 Å². The molecule has 0 atom stereocenters. The number of unbranched alkanes of at least 4 members (excludes halogenated alkanes) is 4. The van der Waals surface area contributed by atoms with Crippen LogP contribution < -0.4 is 4.74 Å². The molecule has 0 spiro atoms. The van der Waals surface area contributed by atoms with Crippen molar-refractivity contribution in [2.24, 2.45) is 0 Å². The number of carbonyl (C=O) groups excluding carboxylic acids is 1. The fourth-order valence-corrected chi connectivity index (χ4v) is 2.57. The molecule has 1 aromatic heterocycles. The van der Waals surface area contributed by atoms with Gasteiger partial charge in [-0.05, 0) is 18.6 Å². The van der Waals surface area contributed by atoms with Gasteiger partial charge in [0.2, 0.25) is 0 Å². The van der Waals surface area contributed by atoms with Crippen LogP contribution in [0.25, 0.3) is 10.9 Å². The molecule has 0 aliphatic rings. The van der Waals surface area contributed by atoms with Crippen LogP contribution in [-0.4, -0.2) is 17.9 Å². The van der Waals surface area contributed by atoms with Gasteiger partial charge in [0, 0.05) is 23.7 Å². The molecule has 20 heavy (non-hydrogen) atoms. The molecule has 2 rings (SSSR count). The Morgan fingerprint density at radius 2 is 2.00 bits per heavy atom. The van der Waals surface area contributed by atoms with Gasteiger partial charge in [-0.2, -0.15) is 0 Å². The van der Waals surface area contributed by atoms with Crippen LogP contribution in [0.2, 0.25) is 0 Å². The zero-order valence-electron chi connectivity index (χ0n) is 12.4. The van der Waals surface area contributed by atoms with E-state index in [0.29, 0.717) is 6.42 Å². The SMILES string of the molecule is CCCCCCCC(=O)c1c[nH]c2cccc(OC)c12. The number of H-pyrrole nitrogens is 1. The van der Waals surface area contributed by atoms with Crippen molar-refractivity contribution in [2.75, 3.05) is 7.11 Å². The number of hydrogen-bond acceptors (Lipinski definition) is 2. The van der Waals surface area contributed by atoms with E-state index >= 15 is 0 Å². The lowest BCUT2D eigenvalue weighted by atomic mass is 10.0. The predicted molar refractivity (Wildman–Crippen MR) is 82.6 cm³/mol. The fourth-order valence-electron chi connectivity index (χ4n) is 2.57. The third kappa shape index (κ3) is 3.21. The number of ether oxygens (including phenoxy) is 1. The minimum atomic E-state index is 0.206. The maximum absolute atomic E-state index is 12.3. The second-order valence-electron chi connectivity index (χ2n) is 5.17. The monoisotopic (exact) mass is 273 g/mol. The number of aromatic amines is 1. The summed E-state index contributed by atoms with van der Waals surface area (Å²) in [6, 6.07) is 5.79. The topological polar surface area (TPSA) is 42.1 Å². The van der Waals surface area contributed by atoms with E-state index in [9.17, 15) is 4.79 Å². The van der Waals surface area contributed by atoms with Crippen molar-refractivity contribution >= 4 is 16.7 Å². The number of ketones is 1. The molecule has 2 aromatic rings. The first-order valence-electron chi connectivity index (χ1n) is 7.45. The number of methoxy groups -OCH3 is 1. The maximum atomic E-state index is 12.3. The van der Waals surface area contributed by atoms with Crippen molar-refractivity contribution in [3.8, 4) is 5.75 Å². The highest BCUT2D eigenvalue weighted by molar-refractivity contribution is 6.09. The quantitative estimate of drug-likeness (QED) is 0.558. The number of benzene rings is 1.